The monoisotopic (exact) mass is 225 g/mol. The number of hydrogen-bond donors (Lipinski definition) is 0. The van der Waals surface area contributed by atoms with Crippen LogP contribution in [0, 0.1) is 11.8 Å². The van der Waals surface area contributed by atoms with Crippen LogP contribution in [0.5, 0.6) is 0 Å². The summed E-state index contributed by atoms with van der Waals surface area (Å²) < 4.78 is 5.43. The maximum atomic E-state index is 11.9. The fourth-order valence-electron chi connectivity index (χ4n) is 2.91. The largest absolute Gasteiger partial charge is 0.444 e. The molecular weight excluding hydrogens is 202 g/mol. The Balaban J connectivity index is 1.92. The Labute approximate surface area is 98.1 Å². The van der Waals surface area contributed by atoms with E-state index in [-0.39, 0.29) is 11.7 Å². The van der Waals surface area contributed by atoms with Crippen molar-refractivity contribution in [2.45, 2.75) is 52.1 Å². The van der Waals surface area contributed by atoms with Gasteiger partial charge in [-0.3, -0.25) is 0 Å². The highest BCUT2D eigenvalue weighted by atomic mass is 16.6. The van der Waals surface area contributed by atoms with Crippen LogP contribution in [0.4, 0.5) is 4.79 Å². The van der Waals surface area contributed by atoms with Crippen LogP contribution in [0.3, 0.4) is 0 Å². The number of piperidine rings is 1. The average molecular weight is 225 g/mol. The fourth-order valence-corrected chi connectivity index (χ4v) is 2.91. The van der Waals surface area contributed by atoms with Crippen LogP contribution < -0.4 is 0 Å². The van der Waals surface area contributed by atoms with Crippen LogP contribution in [-0.4, -0.2) is 29.7 Å². The lowest BCUT2D eigenvalue weighted by atomic mass is 9.78. The summed E-state index contributed by atoms with van der Waals surface area (Å²) in [6, 6.07) is 0. The van der Waals surface area contributed by atoms with Crippen molar-refractivity contribution in [2.24, 2.45) is 11.8 Å². The average Bonchev–Trinajstić information content (AvgIpc) is 2.14. The summed E-state index contributed by atoms with van der Waals surface area (Å²) in [6.07, 6.45) is 5.12. The van der Waals surface area contributed by atoms with Crippen LogP contribution in [0.15, 0.2) is 0 Å². The Bertz CT molecular complexity index is 258. The zero-order chi connectivity index (χ0) is 11.8. The minimum atomic E-state index is -0.371. The number of carbonyl (C=O) groups excluding carboxylic acids is 1. The summed E-state index contributed by atoms with van der Waals surface area (Å²) in [5.41, 5.74) is -0.371. The summed E-state index contributed by atoms with van der Waals surface area (Å²) in [4.78, 5) is 13.9. The van der Waals surface area contributed by atoms with Gasteiger partial charge in [-0.15, -0.1) is 0 Å². The highest BCUT2D eigenvalue weighted by Gasteiger charge is 2.34. The first-order valence-electron chi connectivity index (χ1n) is 6.42. The van der Waals surface area contributed by atoms with Gasteiger partial charge in [0.25, 0.3) is 0 Å². The van der Waals surface area contributed by atoms with E-state index in [0.29, 0.717) is 0 Å². The van der Waals surface area contributed by atoms with Gasteiger partial charge in [0, 0.05) is 13.1 Å². The predicted octanol–water partition coefficient (Wildman–Crippen LogP) is 3.04. The maximum absolute atomic E-state index is 11.9. The van der Waals surface area contributed by atoms with Gasteiger partial charge in [-0.1, -0.05) is 6.42 Å². The standard InChI is InChI=1S/C13H23NO2/c1-13(2,3)16-12(15)14-8-10-5-4-6-11(7-10)9-14/h10-11H,4-9H2,1-3H3. The minimum Gasteiger partial charge on any atom is -0.444 e. The van der Waals surface area contributed by atoms with Crippen LogP contribution in [0.1, 0.15) is 46.5 Å². The van der Waals surface area contributed by atoms with Crippen LogP contribution in [0.25, 0.3) is 0 Å². The fraction of sp³-hybridized carbons (Fsp3) is 0.923. The van der Waals surface area contributed by atoms with Crippen molar-refractivity contribution in [1.29, 1.82) is 0 Å². The van der Waals surface area contributed by atoms with Gasteiger partial charge in [-0.05, 0) is 51.9 Å². The zero-order valence-electron chi connectivity index (χ0n) is 10.7. The van der Waals surface area contributed by atoms with E-state index >= 15 is 0 Å². The summed E-state index contributed by atoms with van der Waals surface area (Å²) in [6.45, 7) is 7.60. The molecule has 1 aliphatic heterocycles. The van der Waals surface area contributed by atoms with E-state index in [1.54, 1.807) is 0 Å². The number of fused-ring (bicyclic) bond motifs is 2. The minimum absolute atomic E-state index is 0.121. The van der Waals surface area contributed by atoms with Crippen molar-refractivity contribution in [1.82, 2.24) is 4.90 Å². The van der Waals surface area contributed by atoms with Gasteiger partial charge < -0.3 is 9.64 Å². The van der Waals surface area contributed by atoms with Gasteiger partial charge in [-0.25, -0.2) is 4.79 Å². The van der Waals surface area contributed by atoms with Crippen molar-refractivity contribution in [3.05, 3.63) is 0 Å². The number of amides is 1. The quantitative estimate of drug-likeness (QED) is 0.634. The molecule has 2 fully saturated rings. The smallest absolute Gasteiger partial charge is 0.410 e. The molecule has 0 aromatic heterocycles. The Morgan fingerprint density at radius 2 is 1.75 bits per heavy atom. The molecular formula is C13H23NO2. The molecule has 2 bridgehead atoms. The van der Waals surface area contributed by atoms with Crippen LogP contribution in [0.2, 0.25) is 0 Å². The lowest BCUT2D eigenvalue weighted by Gasteiger charge is -2.41. The lowest BCUT2D eigenvalue weighted by Crippen LogP contribution is -2.47. The molecule has 0 spiro atoms. The van der Waals surface area contributed by atoms with Gasteiger partial charge in [0.1, 0.15) is 5.60 Å². The molecule has 0 aromatic carbocycles. The maximum Gasteiger partial charge on any atom is 0.410 e. The second-order valence-corrected chi connectivity index (χ2v) is 6.28. The van der Waals surface area contributed by atoms with Gasteiger partial charge >= 0.3 is 6.09 Å². The number of carbonyl (C=O) groups is 1. The van der Waals surface area contributed by atoms with Gasteiger partial charge in [0.05, 0.1) is 0 Å². The molecule has 3 heteroatoms. The van der Waals surface area contributed by atoms with Gasteiger partial charge in [0.15, 0.2) is 0 Å². The predicted molar refractivity (Wildman–Crippen MR) is 63.3 cm³/mol. The summed E-state index contributed by atoms with van der Waals surface area (Å²) in [5.74, 6) is 1.44. The van der Waals surface area contributed by atoms with E-state index in [1.807, 2.05) is 25.7 Å². The van der Waals surface area contributed by atoms with Crippen LogP contribution >= 0.6 is 0 Å². The summed E-state index contributed by atoms with van der Waals surface area (Å²) in [5, 5.41) is 0. The topological polar surface area (TPSA) is 29.5 Å². The highest BCUT2D eigenvalue weighted by molar-refractivity contribution is 5.68. The van der Waals surface area contributed by atoms with E-state index in [1.165, 1.54) is 25.7 Å². The molecule has 1 saturated heterocycles. The summed E-state index contributed by atoms with van der Waals surface area (Å²) >= 11 is 0. The molecule has 0 N–H and O–H groups in total. The van der Waals surface area contributed by atoms with Crippen molar-refractivity contribution < 1.29 is 9.53 Å². The van der Waals surface area contributed by atoms with Crippen molar-refractivity contribution in [2.75, 3.05) is 13.1 Å². The second-order valence-electron chi connectivity index (χ2n) is 6.28. The molecule has 1 saturated carbocycles. The third-order valence-corrected chi connectivity index (χ3v) is 3.50. The van der Waals surface area contributed by atoms with Gasteiger partial charge in [-0.2, -0.15) is 0 Å². The molecule has 1 heterocycles. The molecule has 2 rings (SSSR count). The highest BCUT2D eigenvalue weighted by Crippen LogP contribution is 2.34. The third kappa shape index (κ3) is 2.89. The number of rotatable bonds is 0. The molecule has 92 valence electrons. The lowest BCUT2D eigenvalue weighted by molar-refractivity contribution is 0.00342. The zero-order valence-corrected chi connectivity index (χ0v) is 10.7. The summed E-state index contributed by atoms with van der Waals surface area (Å²) in [7, 11) is 0. The van der Waals surface area contributed by atoms with Gasteiger partial charge in [0.2, 0.25) is 0 Å². The number of nitrogens with zero attached hydrogens (tertiary/aromatic N) is 1. The van der Waals surface area contributed by atoms with Crippen molar-refractivity contribution in [3.63, 3.8) is 0 Å². The first kappa shape index (κ1) is 11.7. The van der Waals surface area contributed by atoms with E-state index < -0.39 is 0 Å². The normalized spacial score (nSPS) is 30.1. The van der Waals surface area contributed by atoms with Crippen molar-refractivity contribution in [3.8, 4) is 0 Å². The molecule has 16 heavy (non-hydrogen) atoms. The number of likely N-dealkylation sites (tertiary alicyclic amines) is 1. The van der Waals surface area contributed by atoms with E-state index in [4.69, 9.17) is 4.74 Å². The van der Waals surface area contributed by atoms with Crippen LogP contribution in [-0.2, 0) is 4.74 Å². The number of ether oxygens (including phenoxy) is 1. The SMILES string of the molecule is CC(C)(C)OC(=O)N1CC2CCCC(C2)C1. The Morgan fingerprint density at radius 1 is 1.19 bits per heavy atom. The van der Waals surface area contributed by atoms with E-state index in [9.17, 15) is 4.79 Å². The molecule has 2 unspecified atom stereocenters. The molecule has 1 aliphatic carbocycles. The van der Waals surface area contributed by atoms with E-state index in [0.717, 1.165) is 24.9 Å². The van der Waals surface area contributed by atoms with Crippen molar-refractivity contribution >= 4 is 6.09 Å². The molecule has 1 amide bonds. The molecule has 2 atom stereocenters. The molecule has 0 aromatic rings. The second kappa shape index (κ2) is 4.27. The first-order chi connectivity index (χ1) is 7.44. The number of hydrogen-bond acceptors (Lipinski definition) is 2. The Kier molecular flexibility index (Phi) is 3.13. The molecule has 3 nitrogen and oxygen atoms in total. The Morgan fingerprint density at radius 3 is 2.25 bits per heavy atom. The Hall–Kier alpha value is -0.730. The third-order valence-electron chi connectivity index (χ3n) is 3.50. The first-order valence-corrected chi connectivity index (χ1v) is 6.42. The molecule has 2 aliphatic rings. The van der Waals surface area contributed by atoms with E-state index in [2.05, 4.69) is 0 Å². The molecule has 0 radical (unpaired) electrons.